The molecule has 2 rings (SSSR count). The van der Waals surface area contributed by atoms with Crippen molar-refractivity contribution in [1.29, 1.82) is 0 Å². The smallest absolute Gasteiger partial charge is 0.239 e. The molecule has 1 aliphatic heterocycles. The van der Waals surface area contributed by atoms with Crippen molar-refractivity contribution in [3.63, 3.8) is 0 Å². The standard InChI is InChI=1S/C16H22N2O4/c1-16(2,3)18-15(20)10-17-14(19)9-11-4-5-12-13(8-11)22-7-6-21-12/h4-5,8H,6-7,9-10H2,1-3H3,(H,17,19)(H,18,20). The van der Waals surface area contributed by atoms with Crippen LogP contribution in [0.4, 0.5) is 0 Å². The Hall–Kier alpha value is -2.24. The molecule has 2 amide bonds. The van der Waals surface area contributed by atoms with Gasteiger partial charge in [0, 0.05) is 5.54 Å². The van der Waals surface area contributed by atoms with Gasteiger partial charge in [-0.1, -0.05) is 6.07 Å². The molecule has 0 aliphatic carbocycles. The average molecular weight is 306 g/mol. The van der Waals surface area contributed by atoms with Crippen molar-refractivity contribution in [3.8, 4) is 11.5 Å². The van der Waals surface area contributed by atoms with Crippen LogP contribution in [0.1, 0.15) is 26.3 Å². The number of nitrogens with one attached hydrogen (secondary N) is 2. The van der Waals surface area contributed by atoms with Crippen LogP contribution in [0.15, 0.2) is 18.2 Å². The lowest BCUT2D eigenvalue weighted by molar-refractivity contribution is -0.126. The molecule has 0 radical (unpaired) electrons. The summed E-state index contributed by atoms with van der Waals surface area (Å²) in [5.74, 6) is 0.936. The number of carbonyl (C=O) groups excluding carboxylic acids is 2. The fraction of sp³-hybridized carbons (Fsp3) is 0.500. The van der Waals surface area contributed by atoms with Crippen LogP contribution in [-0.2, 0) is 16.0 Å². The van der Waals surface area contributed by atoms with Crippen molar-refractivity contribution in [1.82, 2.24) is 10.6 Å². The summed E-state index contributed by atoms with van der Waals surface area (Å²) in [5, 5.41) is 5.40. The van der Waals surface area contributed by atoms with Gasteiger partial charge >= 0.3 is 0 Å². The first kappa shape index (κ1) is 16.1. The molecule has 1 aromatic carbocycles. The zero-order valence-corrected chi connectivity index (χ0v) is 13.2. The highest BCUT2D eigenvalue weighted by molar-refractivity contribution is 5.86. The van der Waals surface area contributed by atoms with Gasteiger partial charge in [0.2, 0.25) is 11.8 Å². The Bertz CT molecular complexity index is 564. The molecule has 1 aliphatic rings. The topological polar surface area (TPSA) is 76.7 Å². The number of fused-ring (bicyclic) bond motifs is 1. The van der Waals surface area contributed by atoms with Crippen molar-refractivity contribution < 1.29 is 19.1 Å². The zero-order valence-electron chi connectivity index (χ0n) is 13.2. The third-order valence-electron chi connectivity index (χ3n) is 2.93. The maximum Gasteiger partial charge on any atom is 0.239 e. The van der Waals surface area contributed by atoms with Gasteiger partial charge in [-0.05, 0) is 38.5 Å². The molecule has 22 heavy (non-hydrogen) atoms. The molecule has 0 saturated carbocycles. The predicted molar refractivity (Wildman–Crippen MR) is 82.0 cm³/mol. The van der Waals surface area contributed by atoms with Crippen LogP contribution in [0, 0.1) is 0 Å². The van der Waals surface area contributed by atoms with E-state index in [1.54, 1.807) is 12.1 Å². The first-order chi connectivity index (χ1) is 10.3. The first-order valence-electron chi connectivity index (χ1n) is 7.30. The minimum atomic E-state index is -0.308. The number of ether oxygens (including phenoxy) is 2. The van der Waals surface area contributed by atoms with Crippen LogP contribution in [0.3, 0.4) is 0 Å². The number of benzene rings is 1. The monoisotopic (exact) mass is 306 g/mol. The lowest BCUT2D eigenvalue weighted by Gasteiger charge is -2.20. The van der Waals surface area contributed by atoms with Crippen molar-refractivity contribution in [3.05, 3.63) is 23.8 Å². The number of hydrogen-bond donors (Lipinski definition) is 2. The van der Waals surface area contributed by atoms with Crippen LogP contribution < -0.4 is 20.1 Å². The number of carbonyl (C=O) groups is 2. The number of amides is 2. The average Bonchev–Trinajstić information content (AvgIpc) is 2.43. The Kier molecular flexibility index (Phi) is 4.90. The molecule has 0 saturated heterocycles. The Morgan fingerprint density at radius 3 is 2.45 bits per heavy atom. The Morgan fingerprint density at radius 2 is 1.77 bits per heavy atom. The molecular formula is C16H22N2O4. The van der Waals surface area contributed by atoms with Crippen molar-refractivity contribution in [2.24, 2.45) is 0 Å². The molecule has 6 heteroatoms. The van der Waals surface area contributed by atoms with Crippen LogP contribution in [-0.4, -0.2) is 37.1 Å². The Labute approximate surface area is 130 Å². The zero-order chi connectivity index (χ0) is 16.2. The Balaban J connectivity index is 1.83. The molecule has 0 atom stereocenters. The van der Waals surface area contributed by atoms with E-state index < -0.39 is 0 Å². The van der Waals surface area contributed by atoms with Gasteiger partial charge in [-0.15, -0.1) is 0 Å². The van der Waals surface area contributed by atoms with Gasteiger partial charge in [0.05, 0.1) is 13.0 Å². The third kappa shape index (κ3) is 4.95. The molecule has 1 heterocycles. The van der Waals surface area contributed by atoms with E-state index in [0.29, 0.717) is 24.7 Å². The lowest BCUT2D eigenvalue weighted by Crippen LogP contribution is -2.46. The van der Waals surface area contributed by atoms with Gasteiger partial charge in [0.15, 0.2) is 11.5 Å². The fourth-order valence-corrected chi connectivity index (χ4v) is 2.09. The summed E-state index contributed by atoms with van der Waals surface area (Å²) in [6.45, 7) is 6.69. The summed E-state index contributed by atoms with van der Waals surface area (Å²) >= 11 is 0. The molecule has 0 bridgehead atoms. The molecule has 6 nitrogen and oxygen atoms in total. The van der Waals surface area contributed by atoms with E-state index in [0.717, 1.165) is 5.56 Å². The molecule has 0 fully saturated rings. The molecule has 1 aromatic rings. The van der Waals surface area contributed by atoms with E-state index in [-0.39, 0.29) is 30.3 Å². The second-order valence-corrected chi connectivity index (χ2v) is 6.23. The molecule has 120 valence electrons. The van der Waals surface area contributed by atoms with Crippen LogP contribution in [0.5, 0.6) is 11.5 Å². The van der Waals surface area contributed by atoms with Gasteiger partial charge in [0.1, 0.15) is 13.2 Å². The maximum absolute atomic E-state index is 11.9. The van der Waals surface area contributed by atoms with E-state index in [2.05, 4.69) is 10.6 Å². The van der Waals surface area contributed by atoms with E-state index in [4.69, 9.17) is 9.47 Å². The lowest BCUT2D eigenvalue weighted by atomic mass is 10.1. The van der Waals surface area contributed by atoms with E-state index >= 15 is 0 Å². The van der Waals surface area contributed by atoms with Gasteiger partial charge in [-0.2, -0.15) is 0 Å². The van der Waals surface area contributed by atoms with E-state index in [1.165, 1.54) is 0 Å². The number of hydrogen-bond acceptors (Lipinski definition) is 4. The van der Waals surface area contributed by atoms with Crippen LogP contribution in [0.2, 0.25) is 0 Å². The van der Waals surface area contributed by atoms with E-state index in [1.807, 2.05) is 26.8 Å². The summed E-state index contributed by atoms with van der Waals surface area (Å²) in [5.41, 5.74) is 0.510. The van der Waals surface area contributed by atoms with Crippen molar-refractivity contribution in [2.45, 2.75) is 32.7 Å². The van der Waals surface area contributed by atoms with Crippen LogP contribution >= 0.6 is 0 Å². The van der Waals surface area contributed by atoms with Crippen LogP contribution in [0.25, 0.3) is 0 Å². The highest BCUT2D eigenvalue weighted by Gasteiger charge is 2.15. The fourth-order valence-electron chi connectivity index (χ4n) is 2.09. The maximum atomic E-state index is 11.9. The van der Waals surface area contributed by atoms with Gasteiger partial charge < -0.3 is 20.1 Å². The Morgan fingerprint density at radius 1 is 1.09 bits per heavy atom. The molecule has 2 N–H and O–H groups in total. The normalized spacial score (nSPS) is 13.4. The number of rotatable bonds is 4. The summed E-state index contributed by atoms with van der Waals surface area (Å²) in [6.07, 6.45) is 0.194. The van der Waals surface area contributed by atoms with E-state index in [9.17, 15) is 9.59 Å². The first-order valence-corrected chi connectivity index (χ1v) is 7.30. The van der Waals surface area contributed by atoms with Crippen molar-refractivity contribution >= 4 is 11.8 Å². The quantitative estimate of drug-likeness (QED) is 0.871. The largest absolute Gasteiger partial charge is 0.486 e. The third-order valence-corrected chi connectivity index (χ3v) is 2.93. The highest BCUT2D eigenvalue weighted by Crippen LogP contribution is 2.30. The molecule has 0 aromatic heterocycles. The second kappa shape index (κ2) is 6.68. The minimum Gasteiger partial charge on any atom is -0.486 e. The van der Waals surface area contributed by atoms with Gasteiger partial charge in [-0.3, -0.25) is 9.59 Å². The molecular weight excluding hydrogens is 284 g/mol. The highest BCUT2D eigenvalue weighted by atomic mass is 16.6. The summed E-state index contributed by atoms with van der Waals surface area (Å²) in [4.78, 5) is 23.5. The summed E-state index contributed by atoms with van der Waals surface area (Å²) in [6, 6.07) is 5.41. The molecule has 0 spiro atoms. The van der Waals surface area contributed by atoms with Gasteiger partial charge in [0.25, 0.3) is 0 Å². The molecule has 0 unspecified atom stereocenters. The SMILES string of the molecule is CC(C)(C)NC(=O)CNC(=O)Cc1ccc2c(c1)OCCO2. The van der Waals surface area contributed by atoms with Crippen molar-refractivity contribution in [2.75, 3.05) is 19.8 Å². The summed E-state index contributed by atoms with van der Waals surface area (Å²) in [7, 11) is 0. The van der Waals surface area contributed by atoms with Gasteiger partial charge in [-0.25, -0.2) is 0 Å². The summed E-state index contributed by atoms with van der Waals surface area (Å²) < 4.78 is 10.9. The second-order valence-electron chi connectivity index (χ2n) is 6.23. The predicted octanol–water partition coefficient (Wildman–Crippen LogP) is 1.03. The minimum absolute atomic E-state index is 0.0271.